The zero-order valence-corrected chi connectivity index (χ0v) is 20.1. The molecule has 0 atom stereocenters. The molecule has 3 aromatic rings. The second kappa shape index (κ2) is 10.4. The van der Waals surface area contributed by atoms with Gasteiger partial charge in [-0.15, -0.1) is 0 Å². The van der Waals surface area contributed by atoms with Gasteiger partial charge < -0.3 is 9.47 Å². The normalized spacial score (nSPS) is 13.9. The second-order valence-electron chi connectivity index (χ2n) is 7.32. The Balaban J connectivity index is 1.67. The lowest BCUT2D eigenvalue weighted by Gasteiger charge is -2.35. The van der Waals surface area contributed by atoms with Crippen molar-refractivity contribution < 1.29 is 17.9 Å². The number of hydrogen-bond donors (Lipinski definition) is 0. The van der Waals surface area contributed by atoms with E-state index < -0.39 is 10.2 Å². The molecule has 0 amide bonds. The summed E-state index contributed by atoms with van der Waals surface area (Å²) in [5.41, 5.74) is 1.82. The van der Waals surface area contributed by atoms with Crippen LogP contribution in [-0.4, -0.2) is 55.0 Å². The van der Waals surface area contributed by atoms with Gasteiger partial charge >= 0.3 is 10.2 Å². The molecule has 1 aliphatic rings. The molecular weight excluding hydrogens is 462 g/mol. The highest BCUT2D eigenvalue weighted by atomic mass is 32.2. The summed E-state index contributed by atoms with van der Waals surface area (Å²) in [6.45, 7) is 1.11. The van der Waals surface area contributed by atoms with E-state index in [1.54, 1.807) is 37.7 Å². The summed E-state index contributed by atoms with van der Waals surface area (Å²) in [5.74, 6) is 1.86. The minimum absolute atomic E-state index is 0.121. The number of ether oxygens (including phenoxy) is 2. The fraction of sp³-hybridized carbons (Fsp3) is 0.318. The molecule has 0 unspecified atom stereocenters. The van der Waals surface area contributed by atoms with Crippen LogP contribution in [-0.2, 0) is 22.5 Å². The summed E-state index contributed by atoms with van der Waals surface area (Å²) in [6.07, 6.45) is 4.33. The Morgan fingerprint density at radius 1 is 1.06 bits per heavy atom. The molecule has 0 spiro atoms. The minimum atomic E-state index is -3.77. The number of benzene rings is 1. The van der Waals surface area contributed by atoms with E-state index in [1.165, 1.54) is 27.5 Å². The molecule has 3 heterocycles. The van der Waals surface area contributed by atoms with Crippen molar-refractivity contribution in [1.29, 1.82) is 0 Å². The first kappa shape index (κ1) is 23.3. The number of rotatable bonds is 10. The van der Waals surface area contributed by atoms with Crippen LogP contribution in [0.1, 0.15) is 17.5 Å². The summed E-state index contributed by atoms with van der Waals surface area (Å²) in [4.78, 5) is 13.1. The van der Waals surface area contributed by atoms with Gasteiger partial charge in [0, 0.05) is 37.3 Å². The molecule has 0 N–H and O–H groups in total. The van der Waals surface area contributed by atoms with Gasteiger partial charge in [0.2, 0.25) is 5.88 Å². The van der Waals surface area contributed by atoms with Gasteiger partial charge in [-0.3, -0.25) is 4.98 Å². The number of aromatic nitrogens is 3. The maximum Gasteiger partial charge on any atom is 0.305 e. The number of methoxy groups -OCH3 is 2. The van der Waals surface area contributed by atoms with E-state index in [0.717, 1.165) is 17.5 Å². The molecule has 33 heavy (non-hydrogen) atoms. The molecule has 1 fully saturated rings. The van der Waals surface area contributed by atoms with Crippen LogP contribution in [0.15, 0.2) is 60.0 Å². The van der Waals surface area contributed by atoms with Crippen molar-refractivity contribution in [1.82, 2.24) is 19.3 Å². The molecule has 1 aliphatic heterocycles. The Hall–Kier alpha value is -2.89. The Kier molecular flexibility index (Phi) is 7.31. The zero-order chi connectivity index (χ0) is 23.3. The van der Waals surface area contributed by atoms with Crippen LogP contribution in [0.5, 0.6) is 11.6 Å². The number of nitrogens with zero attached hydrogens (tertiary/aromatic N) is 5. The van der Waals surface area contributed by atoms with Crippen molar-refractivity contribution in [2.24, 2.45) is 0 Å². The van der Waals surface area contributed by atoms with E-state index in [-0.39, 0.29) is 12.4 Å². The van der Waals surface area contributed by atoms with Crippen LogP contribution in [0.3, 0.4) is 0 Å². The average molecular weight is 488 g/mol. The number of anilines is 1. The van der Waals surface area contributed by atoms with Gasteiger partial charge in [0.05, 0.1) is 20.8 Å². The van der Waals surface area contributed by atoms with Gasteiger partial charge in [0.25, 0.3) is 0 Å². The van der Waals surface area contributed by atoms with Crippen LogP contribution in [0, 0.1) is 0 Å². The lowest BCUT2D eigenvalue weighted by Crippen LogP contribution is -2.50. The molecule has 1 aromatic carbocycles. The predicted molar refractivity (Wildman–Crippen MR) is 127 cm³/mol. The largest absolute Gasteiger partial charge is 0.497 e. The Labute approximate surface area is 198 Å². The molecule has 0 bridgehead atoms. The number of thioether (sulfide) groups is 1. The van der Waals surface area contributed by atoms with Gasteiger partial charge in [0.1, 0.15) is 5.75 Å². The molecule has 11 heteroatoms. The maximum absolute atomic E-state index is 13.4. The van der Waals surface area contributed by atoms with Gasteiger partial charge in [-0.2, -0.15) is 17.7 Å². The first-order valence-electron chi connectivity index (χ1n) is 10.3. The summed E-state index contributed by atoms with van der Waals surface area (Å²) in [6, 6.07) is 12.7. The van der Waals surface area contributed by atoms with E-state index in [4.69, 9.17) is 9.47 Å². The first-order valence-corrected chi connectivity index (χ1v) is 12.7. The molecular formula is C22H25N5O4S2. The molecule has 0 radical (unpaired) electrons. The third-order valence-electron chi connectivity index (χ3n) is 5.13. The standard InChI is InChI=1S/C22H25N5O4S2/c1-30-19-8-6-17(7-9-19)15-27(33(28,29)26-11-4-12-26)20-13-21(31-2)25-22(24-20)32-16-18-5-3-10-23-14-18/h3,5-10,13-14H,4,11-12,15-16H2,1-2H3. The lowest BCUT2D eigenvalue weighted by molar-refractivity contribution is 0.307. The minimum Gasteiger partial charge on any atom is -0.497 e. The van der Waals surface area contributed by atoms with Crippen molar-refractivity contribution in [3.63, 3.8) is 0 Å². The van der Waals surface area contributed by atoms with Crippen molar-refractivity contribution >= 4 is 27.8 Å². The van der Waals surface area contributed by atoms with Crippen LogP contribution in [0.2, 0.25) is 0 Å². The van der Waals surface area contributed by atoms with Crippen molar-refractivity contribution in [3.05, 3.63) is 66.0 Å². The summed E-state index contributed by atoms with van der Waals surface area (Å²) < 4.78 is 40.2. The number of pyridine rings is 1. The quantitative estimate of drug-likeness (QED) is 0.318. The summed E-state index contributed by atoms with van der Waals surface area (Å²) in [7, 11) is -0.680. The van der Waals surface area contributed by atoms with Crippen LogP contribution < -0.4 is 13.8 Å². The molecule has 9 nitrogen and oxygen atoms in total. The van der Waals surface area contributed by atoms with Crippen LogP contribution >= 0.6 is 11.8 Å². The van der Waals surface area contributed by atoms with Crippen LogP contribution in [0.4, 0.5) is 5.82 Å². The van der Waals surface area contributed by atoms with Crippen molar-refractivity contribution in [2.45, 2.75) is 23.9 Å². The molecule has 0 saturated carbocycles. The highest BCUT2D eigenvalue weighted by Crippen LogP contribution is 2.30. The average Bonchev–Trinajstić information content (AvgIpc) is 2.80. The van der Waals surface area contributed by atoms with Gasteiger partial charge in [-0.25, -0.2) is 9.29 Å². The Morgan fingerprint density at radius 3 is 2.45 bits per heavy atom. The zero-order valence-electron chi connectivity index (χ0n) is 18.4. The van der Waals surface area contributed by atoms with E-state index in [0.29, 0.717) is 35.6 Å². The van der Waals surface area contributed by atoms with Gasteiger partial charge in [0.15, 0.2) is 11.0 Å². The highest BCUT2D eigenvalue weighted by Gasteiger charge is 2.35. The second-order valence-corrected chi connectivity index (χ2v) is 10.1. The summed E-state index contributed by atoms with van der Waals surface area (Å²) >= 11 is 1.39. The van der Waals surface area contributed by atoms with E-state index in [1.807, 2.05) is 24.3 Å². The lowest BCUT2D eigenvalue weighted by atomic mass is 10.2. The molecule has 0 aliphatic carbocycles. The third kappa shape index (κ3) is 5.55. The smallest absolute Gasteiger partial charge is 0.305 e. The number of hydrogen-bond acceptors (Lipinski definition) is 8. The van der Waals surface area contributed by atoms with Crippen molar-refractivity contribution in [3.8, 4) is 11.6 Å². The van der Waals surface area contributed by atoms with Gasteiger partial charge in [-0.1, -0.05) is 30.0 Å². The fourth-order valence-corrected chi connectivity index (χ4v) is 5.58. The van der Waals surface area contributed by atoms with E-state index in [9.17, 15) is 8.42 Å². The van der Waals surface area contributed by atoms with Crippen LogP contribution in [0.25, 0.3) is 0 Å². The highest BCUT2D eigenvalue weighted by molar-refractivity contribution is 7.98. The van der Waals surface area contributed by atoms with Crippen molar-refractivity contribution in [2.75, 3.05) is 31.6 Å². The molecule has 1 saturated heterocycles. The van der Waals surface area contributed by atoms with E-state index in [2.05, 4.69) is 15.0 Å². The molecule has 2 aromatic heterocycles. The Bertz CT molecular complexity index is 1170. The first-order chi connectivity index (χ1) is 16.0. The summed E-state index contributed by atoms with van der Waals surface area (Å²) in [5, 5.41) is 0.423. The SMILES string of the molecule is COc1ccc(CN(c2cc(OC)nc(SCc3cccnc3)n2)S(=O)(=O)N2CCC2)cc1. The molecule has 4 rings (SSSR count). The maximum atomic E-state index is 13.4. The molecule has 174 valence electrons. The topological polar surface area (TPSA) is 97.7 Å². The fourth-order valence-electron chi connectivity index (χ4n) is 3.16. The van der Waals surface area contributed by atoms with E-state index >= 15 is 0 Å². The third-order valence-corrected chi connectivity index (χ3v) is 7.94. The van der Waals surface area contributed by atoms with Gasteiger partial charge in [-0.05, 0) is 35.7 Å². The Morgan fingerprint density at radius 2 is 1.85 bits per heavy atom. The monoisotopic (exact) mass is 487 g/mol. The predicted octanol–water partition coefficient (Wildman–Crippen LogP) is 3.14.